The molecule has 1 heterocycles. The first kappa shape index (κ1) is 12.5. The fourth-order valence-corrected chi connectivity index (χ4v) is 2.27. The van der Waals surface area contributed by atoms with Gasteiger partial charge >= 0.3 is 0 Å². The molecule has 6 heteroatoms. The average Bonchev–Trinajstić information content (AvgIpc) is 2.79. The third-order valence-corrected chi connectivity index (χ3v) is 3.31. The number of rotatable bonds is 5. The summed E-state index contributed by atoms with van der Waals surface area (Å²) in [6, 6.07) is 5.79. The number of hydrogen-bond acceptors (Lipinski definition) is 3. The van der Waals surface area contributed by atoms with E-state index in [0.29, 0.717) is 0 Å². The molecule has 0 amide bonds. The van der Waals surface area contributed by atoms with Crippen LogP contribution in [0.3, 0.4) is 0 Å². The minimum atomic E-state index is 0.738. The zero-order valence-electron chi connectivity index (χ0n) is 9.08. The van der Waals surface area contributed by atoms with Gasteiger partial charge in [-0.1, -0.05) is 33.6 Å². The summed E-state index contributed by atoms with van der Waals surface area (Å²) in [6.45, 7) is 1.65. The summed E-state index contributed by atoms with van der Waals surface area (Å²) in [6.07, 6.45) is 2.36. The number of benzene rings is 1. The molecule has 0 aliphatic rings. The number of halogens is 2. The lowest BCUT2D eigenvalue weighted by Crippen LogP contribution is -2.17. The van der Waals surface area contributed by atoms with Crippen LogP contribution < -0.4 is 5.32 Å². The number of aromatic amines is 1. The fourth-order valence-electron chi connectivity index (χ4n) is 1.45. The Morgan fingerprint density at radius 2 is 2.29 bits per heavy atom. The molecular weight excluding hydrogens is 304 g/mol. The highest BCUT2D eigenvalue weighted by Gasteiger charge is 2.00. The number of nitrogens with zero attached hydrogens (tertiary/aromatic N) is 2. The van der Waals surface area contributed by atoms with Gasteiger partial charge in [0, 0.05) is 29.0 Å². The maximum Gasteiger partial charge on any atom is 0.137 e. The molecule has 2 N–H and O–H groups in total. The van der Waals surface area contributed by atoms with Gasteiger partial charge in [-0.15, -0.1) is 0 Å². The maximum absolute atomic E-state index is 5.88. The van der Waals surface area contributed by atoms with Crippen molar-refractivity contribution in [3.8, 4) is 0 Å². The lowest BCUT2D eigenvalue weighted by Gasteiger charge is -2.06. The van der Waals surface area contributed by atoms with Crippen LogP contribution >= 0.6 is 27.5 Å². The molecule has 0 bridgehead atoms. The molecule has 0 saturated heterocycles. The first-order chi connectivity index (χ1) is 8.25. The molecule has 2 aromatic rings. The van der Waals surface area contributed by atoms with Crippen LogP contribution in [0.15, 0.2) is 29.0 Å². The van der Waals surface area contributed by atoms with Crippen molar-refractivity contribution in [3.63, 3.8) is 0 Å². The van der Waals surface area contributed by atoms with Gasteiger partial charge in [0.15, 0.2) is 0 Å². The van der Waals surface area contributed by atoms with Crippen molar-refractivity contribution in [3.05, 3.63) is 45.4 Å². The van der Waals surface area contributed by atoms with Gasteiger partial charge < -0.3 is 5.32 Å². The van der Waals surface area contributed by atoms with Crippen LogP contribution in [0.1, 0.15) is 11.4 Å². The van der Waals surface area contributed by atoms with E-state index in [4.69, 9.17) is 11.6 Å². The lowest BCUT2D eigenvalue weighted by atomic mass is 10.2. The molecule has 0 radical (unpaired) electrons. The van der Waals surface area contributed by atoms with Gasteiger partial charge in [-0.3, -0.25) is 5.10 Å². The smallest absolute Gasteiger partial charge is 0.137 e. The van der Waals surface area contributed by atoms with E-state index in [9.17, 15) is 0 Å². The Balaban J connectivity index is 1.78. The van der Waals surface area contributed by atoms with Gasteiger partial charge in [0.2, 0.25) is 0 Å². The van der Waals surface area contributed by atoms with Crippen molar-refractivity contribution < 1.29 is 0 Å². The molecule has 1 aromatic carbocycles. The Labute approximate surface area is 113 Å². The molecule has 0 saturated carbocycles. The molecule has 17 heavy (non-hydrogen) atoms. The highest BCUT2D eigenvalue weighted by molar-refractivity contribution is 9.10. The predicted octanol–water partition coefficient (Wildman–Crippen LogP) is 2.55. The second-order valence-electron chi connectivity index (χ2n) is 3.59. The molecule has 90 valence electrons. The molecule has 0 aliphatic carbocycles. The third kappa shape index (κ3) is 3.80. The van der Waals surface area contributed by atoms with Crippen molar-refractivity contribution in [2.45, 2.75) is 13.0 Å². The summed E-state index contributed by atoms with van der Waals surface area (Å²) < 4.78 is 1.03. The Kier molecular flexibility index (Phi) is 4.53. The van der Waals surface area contributed by atoms with Crippen LogP contribution in [-0.4, -0.2) is 21.7 Å². The van der Waals surface area contributed by atoms with E-state index >= 15 is 0 Å². The first-order valence-corrected chi connectivity index (χ1v) is 6.41. The SMILES string of the molecule is Clc1ccc(CNCCc2ncn[nH]2)c(Br)c1. The normalized spacial score (nSPS) is 10.7. The van der Waals surface area contributed by atoms with E-state index in [-0.39, 0.29) is 0 Å². The van der Waals surface area contributed by atoms with Crippen molar-refractivity contribution in [2.75, 3.05) is 6.54 Å². The molecule has 0 atom stereocenters. The number of aromatic nitrogens is 3. The van der Waals surface area contributed by atoms with Crippen molar-refractivity contribution in [1.82, 2.24) is 20.5 Å². The number of hydrogen-bond donors (Lipinski definition) is 2. The second kappa shape index (κ2) is 6.14. The molecule has 0 spiro atoms. The maximum atomic E-state index is 5.88. The average molecular weight is 316 g/mol. The number of nitrogens with one attached hydrogen (secondary N) is 2. The van der Waals surface area contributed by atoms with E-state index in [1.54, 1.807) is 0 Å². The topological polar surface area (TPSA) is 53.6 Å². The predicted molar refractivity (Wildman–Crippen MR) is 70.9 cm³/mol. The Hall–Kier alpha value is -0.910. The minimum absolute atomic E-state index is 0.738. The van der Waals surface area contributed by atoms with Crippen LogP contribution in [0, 0.1) is 0 Å². The zero-order chi connectivity index (χ0) is 12.1. The highest BCUT2D eigenvalue weighted by Crippen LogP contribution is 2.21. The van der Waals surface area contributed by atoms with Crippen LogP contribution in [0.5, 0.6) is 0 Å². The Morgan fingerprint density at radius 3 is 3.00 bits per heavy atom. The molecular formula is C11H12BrClN4. The van der Waals surface area contributed by atoms with Crippen molar-refractivity contribution in [2.24, 2.45) is 0 Å². The summed E-state index contributed by atoms with van der Waals surface area (Å²) in [5, 5.41) is 10.7. The summed E-state index contributed by atoms with van der Waals surface area (Å²) in [7, 11) is 0. The van der Waals surface area contributed by atoms with Crippen molar-refractivity contribution >= 4 is 27.5 Å². The summed E-state index contributed by atoms with van der Waals surface area (Å²) in [5.41, 5.74) is 1.19. The molecule has 4 nitrogen and oxygen atoms in total. The molecule has 1 aromatic heterocycles. The van der Waals surface area contributed by atoms with Gasteiger partial charge in [-0.05, 0) is 17.7 Å². The largest absolute Gasteiger partial charge is 0.312 e. The molecule has 0 fully saturated rings. The molecule has 0 unspecified atom stereocenters. The van der Waals surface area contributed by atoms with Gasteiger partial charge in [0.05, 0.1) is 0 Å². The quantitative estimate of drug-likeness (QED) is 0.834. The Bertz CT molecular complexity index is 472. The second-order valence-corrected chi connectivity index (χ2v) is 4.89. The minimum Gasteiger partial charge on any atom is -0.312 e. The van der Waals surface area contributed by atoms with Gasteiger partial charge in [0.1, 0.15) is 12.2 Å². The van der Waals surface area contributed by atoms with E-state index in [0.717, 1.165) is 34.8 Å². The lowest BCUT2D eigenvalue weighted by molar-refractivity contribution is 0.670. The van der Waals surface area contributed by atoms with Crippen LogP contribution in [0.2, 0.25) is 5.02 Å². The molecule has 2 rings (SSSR count). The summed E-state index contributed by atoms with van der Waals surface area (Å²) in [4.78, 5) is 4.06. The van der Waals surface area contributed by atoms with E-state index in [1.165, 1.54) is 11.9 Å². The van der Waals surface area contributed by atoms with E-state index in [1.807, 2.05) is 18.2 Å². The van der Waals surface area contributed by atoms with E-state index in [2.05, 4.69) is 36.4 Å². The Morgan fingerprint density at radius 1 is 1.41 bits per heavy atom. The number of H-pyrrole nitrogens is 1. The van der Waals surface area contributed by atoms with E-state index < -0.39 is 0 Å². The highest BCUT2D eigenvalue weighted by atomic mass is 79.9. The third-order valence-electron chi connectivity index (χ3n) is 2.33. The summed E-state index contributed by atoms with van der Waals surface area (Å²) in [5.74, 6) is 0.896. The fraction of sp³-hybridized carbons (Fsp3) is 0.273. The first-order valence-electron chi connectivity index (χ1n) is 5.24. The van der Waals surface area contributed by atoms with Gasteiger partial charge in [0.25, 0.3) is 0 Å². The van der Waals surface area contributed by atoms with Crippen molar-refractivity contribution in [1.29, 1.82) is 0 Å². The molecule has 0 aliphatic heterocycles. The van der Waals surface area contributed by atoms with Crippen LogP contribution in [0.25, 0.3) is 0 Å². The summed E-state index contributed by atoms with van der Waals surface area (Å²) >= 11 is 9.36. The van der Waals surface area contributed by atoms with Gasteiger partial charge in [-0.2, -0.15) is 5.10 Å². The van der Waals surface area contributed by atoms with Gasteiger partial charge in [-0.25, -0.2) is 4.98 Å². The van der Waals surface area contributed by atoms with Crippen LogP contribution in [0.4, 0.5) is 0 Å². The standard InChI is InChI=1S/C11H12BrClN4/c12-10-5-9(13)2-1-8(10)6-14-4-3-11-15-7-16-17-11/h1-2,5,7,14H,3-4,6H2,(H,15,16,17). The van der Waals surface area contributed by atoms with Crippen LogP contribution in [-0.2, 0) is 13.0 Å². The zero-order valence-corrected chi connectivity index (χ0v) is 11.4. The monoisotopic (exact) mass is 314 g/mol.